The Kier molecular flexibility index (Phi) is 4.84. The van der Waals surface area contributed by atoms with Gasteiger partial charge in [-0.05, 0) is 30.9 Å². The smallest absolute Gasteiger partial charge is 0.0934 e. The van der Waals surface area contributed by atoms with Crippen LogP contribution in [-0.2, 0) is 6.42 Å². The fourth-order valence-electron chi connectivity index (χ4n) is 2.66. The number of thioether (sulfide) groups is 2. The molecule has 1 aromatic heterocycles. The minimum absolute atomic E-state index is 0.546. The number of fused-ring (bicyclic) bond motifs is 1. The molecule has 2 aliphatic rings. The van der Waals surface area contributed by atoms with Crippen molar-refractivity contribution in [1.82, 2.24) is 5.32 Å². The highest BCUT2D eigenvalue weighted by Crippen LogP contribution is 2.38. The van der Waals surface area contributed by atoms with E-state index in [-0.39, 0.29) is 0 Å². The molecule has 0 saturated carbocycles. The van der Waals surface area contributed by atoms with Crippen molar-refractivity contribution < 1.29 is 0 Å². The number of thiophene rings is 1. The average molecular weight is 320 g/mol. The molecular formula is C13H18ClNS3. The van der Waals surface area contributed by atoms with Gasteiger partial charge in [-0.3, -0.25) is 0 Å². The van der Waals surface area contributed by atoms with Crippen molar-refractivity contribution in [1.29, 1.82) is 0 Å². The van der Waals surface area contributed by atoms with Crippen molar-refractivity contribution in [3.05, 3.63) is 20.8 Å². The predicted octanol–water partition coefficient (Wildman–Crippen LogP) is 4.22. The van der Waals surface area contributed by atoms with Gasteiger partial charge in [0.05, 0.1) is 4.34 Å². The van der Waals surface area contributed by atoms with Gasteiger partial charge in [-0.2, -0.15) is 23.5 Å². The molecule has 1 aromatic rings. The van der Waals surface area contributed by atoms with Crippen LogP contribution in [0.15, 0.2) is 6.07 Å². The highest BCUT2D eigenvalue weighted by Gasteiger charge is 2.23. The van der Waals surface area contributed by atoms with Gasteiger partial charge in [0, 0.05) is 40.0 Å². The van der Waals surface area contributed by atoms with Crippen LogP contribution >= 0.6 is 46.5 Å². The molecule has 18 heavy (non-hydrogen) atoms. The number of hydrogen-bond acceptors (Lipinski definition) is 4. The molecule has 0 aromatic carbocycles. The van der Waals surface area contributed by atoms with Crippen molar-refractivity contribution in [3.8, 4) is 0 Å². The minimum atomic E-state index is 0.546. The molecule has 2 heterocycles. The lowest BCUT2D eigenvalue weighted by Crippen LogP contribution is -2.33. The van der Waals surface area contributed by atoms with Gasteiger partial charge in [-0.15, -0.1) is 11.3 Å². The number of aryl methyl sites for hydroxylation is 1. The van der Waals surface area contributed by atoms with Crippen LogP contribution in [0, 0.1) is 0 Å². The van der Waals surface area contributed by atoms with E-state index in [1.54, 1.807) is 11.3 Å². The van der Waals surface area contributed by atoms with Crippen LogP contribution in [-0.4, -0.2) is 29.1 Å². The monoisotopic (exact) mass is 319 g/mol. The van der Waals surface area contributed by atoms with Crippen LogP contribution in [0.2, 0.25) is 4.34 Å². The Bertz CT molecular complexity index is 401. The van der Waals surface area contributed by atoms with E-state index in [1.165, 1.54) is 47.0 Å². The van der Waals surface area contributed by atoms with E-state index in [0.717, 1.165) is 16.1 Å². The molecule has 1 N–H and O–H groups in total. The van der Waals surface area contributed by atoms with Crippen molar-refractivity contribution in [2.24, 2.45) is 0 Å². The molecule has 2 atom stereocenters. The highest BCUT2D eigenvalue weighted by atomic mass is 35.5. The Hall–Kier alpha value is 0.650. The summed E-state index contributed by atoms with van der Waals surface area (Å²) in [4.78, 5) is 1.51. The lowest BCUT2D eigenvalue weighted by Gasteiger charge is -2.27. The van der Waals surface area contributed by atoms with Gasteiger partial charge in [0.2, 0.25) is 0 Å². The SMILES string of the molecule is Clc1cc2c(s1)CCCC2NCC1CSCCS1. The van der Waals surface area contributed by atoms with Crippen LogP contribution in [0.3, 0.4) is 0 Å². The standard InChI is InChI=1S/C13H18ClNS3/c14-13-6-10-11(2-1-3-12(10)18-13)15-7-9-8-16-4-5-17-9/h6,9,11,15H,1-5,7-8H2. The van der Waals surface area contributed by atoms with E-state index in [4.69, 9.17) is 11.6 Å². The number of nitrogens with one attached hydrogen (secondary N) is 1. The Labute approximate surface area is 126 Å². The molecular weight excluding hydrogens is 302 g/mol. The van der Waals surface area contributed by atoms with E-state index in [0.29, 0.717) is 6.04 Å². The van der Waals surface area contributed by atoms with Crippen LogP contribution in [0.5, 0.6) is 0 Å². The summed E-state index contributed by atoms with van der Waals surface area (Å²) in [6.45, 7) is 1.15. The molecule has 1 saturated heterocycles. The summed E-state index contributed by atoms with van der Waals surface area (Å²) in [6, 6.07) is 2.73. The molecule has 0 amide bonds. The van der Waals surface area contributed by atoms with Crippen LogP contribution in [0.1, 0.15) is 29.3 Å². The van der Waals surface area contributed by atoms with Gasteiger partial charge in [-0.25, -0.2) is 0 Å². The molecule has 3 rings (SSSR count). The second kappa shape index (κ2) is 6.40. The molecule has 0 bridgehead atoms. The van der Waals surface area contributed by atoms with Crippen LogP contribution in [0.25, 0.3) is 0 Å². The number of halogens is 1. The van der Waals surface area contributed by atoms with Crippen molar-refractivity contribution in [2.75, 3.05) is 23.8 Å². The van der Waals surface area contributed by atoms with Crippen LogP contribution < -0.4 is 5.32 Å². The Morgan fingerprint density at radius 2 is 2.33 bits per heavy atom. The molecule has 1 aliphatic heterocycles. The first kappa shape index (κ1) is 13.6. The fraction of sp³-hybridized carbons (Fsp3) is 0.692. The zero-order valence-corrected chi connectivity index (χ0v) is 13.5. The molecule has 1 fully saturated rings. The first-order chi connectivity index (χ1) is 8.83. The van der Waals surface area contributed by atoms with Crippen LogP contribution in [0.4, 0.5) is 0 Å². The number of hydrogen-bond donors (Lipinski definition) is 1. The predicted molar refractivity (Wildman–Crippen MR) is 86.6 cm³/mol. The molecule has 0 spiro atoms. The maximum atomic E-state index is 6.15. The maximum absolute atomic E-state index is 6.15. The van der Waals surface area contributed by atoms with Gasteiger partial charge >= 0.3 is 0 Å². The molecule has 0 radical (unpaired) electrons. The zero-order chi connectivity index (χ0) is 12.4. The van der Waals surface area contributed by atoms with E-state index in [9.17, 15) is 0 Å². The maximum Gasteiger partial charge on any atom is 0.0934 e. The van der Waals surface area contributed by atoms with Crippen molar-refractivity contribution in [2.45, 2.75) is 30.6 Å². The lowest BCUT2D eigenvalue weighted by molar-refractivity contribution is 0.467. The van der Waals surface area contributed by atoms with E-state index in [2.05, 4.69) is 34.9 Å². The summed E-state index contributed by atoms with van der Waals surface area (Å²) >= 11 is 12.2. The van der Waals surface area contributed by atoms with Gasteiger partial charge in [0.1, 0.15) is 0 Å². The average Bonchev–Trinajstić information content (AvgIpc) is 2.78. The fourth-order valence-corrected chi connectivity index (χ4v) is 6.67. The summed E-state index contributed by atoms with van der Waals surface area (Å²) in [7, 11) is 0. The summed E-state index contributed by atoms with van der Waals surface area (Å²) in [6.07, 6.45) is 3.79. The first-order valence-corrected chi connectivity index (χ1v) is 9.93. The molecule has 1 aliphatic carbocycles. The van der Waals surface area contributed by atoms with E-state index in [1.807, 2.05) is 0 Å². The van der Waals surface area contributed by atoms with Gasteiger partial charge < -0.3 is 5.32 Å². The normalized spacial score (nSPS) is 28.1. The Balaban J connectivity index is 1.59. The van der Waals surface area contributed by atoms with Gasteiger partial charge in [0.15, 0.2) is 0 Å². The van der Waals surface area contributed by atoms with Gasteiger partial charge in [0.25, 0.3) is 0 Å². The van der Waals surface area contributed by atoms with E-state index < -0.39 is 0 Å². The third-order valence-electron chi connectivity index (χ3n) is 3.56. The minimum Gasteiger partial charge on any atom is -0.309 e. The Morgan fingerprint density at radius 3 is 3.17 bits per heavy atom. The lowest BCUT2D eigenvalue weighted by atomic mass is 9.94. The second-order valence-electron chi connectivity index (χ2n) is 4.85. The largest absolute Gasteiger partial charge is 0.309 e. The van der Waals surface area contributed by atoms with E-state index >= 15 is 0 Å². The quantitative estimate of drug-likeness (QED) is 0.896. The summed E-state index contributed by atoms with van der Waals surface area (Å²) in [5.74, 6) is 3.95. The molecule has 100 valence electrons. The summed E-state index contributed by atoms with van der Waals surface area (Å²) < 4.78 is 0.955. The molecule has 2 unspecified atom stereocenters. The second-order valence-corrected chi connectivity index (χ2v) is 9.18. The molecule has 1 nitrogen and oxygen atoms in total. The Morgan fingerprint density at radius 1 is 1.39 bits per heavy atom. The third-order valence-corrected chi connectivity index (χ3v) is 7.75. The zero-order valence-electron chi connectivity index (χ0n) is 10.3. The summed E-state index contributed by atoms with van der Waals surface area (Å²) in [5.41, 5.74) is 1.48. The third kappa shape index (κ3) is 3.21. The molecule has 5 heteroatoms. The van der Waals surface area contributed by atoms with Gasteiger partial charge in [-0.1, -0.05) is 11.6 Å². The van der Waals surface area contributed by atoms with Crippen molar-refractivity contribution >= 4 is 46.5 Å². The first-order valence-electron chi connectivity index (χ1n) is 6.54. The van der Waals surface area contributed by atoms with Crippen molar-refractivity contribution in [3.63, 3.8) is 0 Å². The highest BCUT2D eigenvalue weighted by molar-refractivity contribution is 8.06. The number of rotatable bonds is 3. The summed E-state index contributed by atoms with van der Waals surface area (Å²) in [5, 5.41) is 4.57. The topological polar surface area (TPSA) is 12.0 Å².